The van der Waals surface area contributed by atoms with Gasteiger partial charge in [0.05, 0.1) is 0 Å². The molecule has 8 nitrogen and oxygen atoms in total. The van der Waals surface area contributed by atoms with Gasteiger partial charge < -0.3 is 19.6 Å². The summed E-state index contributed by atoms with van der Waals surface area (Å²) < 4.78 is 63.4. The molecular formula is C28H24F4N6O2. The highest BCUT2D eigenvalue weighted by atomic mass is 19.4. The van der Waals surface area contributed by atoms with Crippen molar-refractivity contribution in [1.82, 2.24) is 30.4 Å². The molecule has 0 spiro atoms. The van der Waals surface area contributed by atoms with Gasteiger partial charge in [0.2, 0.25) is 11.8 Å². The Balaban J connectivity index is 1.51. The Morgan fingerprint density at radius 2 is 1.82 bits per heavy atom. The van der Waals surface area contributed by atoms with Gasteiger partial charge in [-0.15, -0.1) is 10.2 Å². The molecule has 0 radical (unpaired) electrons. The maximum absolute atomic E-state index is 14.2. The van der Waals surface area contributed by atoms with Crippen LogP contribution in [0.1, 0.15) is 18.1 Å². The molecule has 0 saturated heterocycles. The Labute approximate surface area is 226 Å². The predicted molar refractivity (Wildman–Crippen MR) is 140 cm³/mol. The Kier molecular flexibility index (Phi) is 7.35. The van der Waals surface area contributed by atoms with Crippen molar-refractivity contribution in [1.29, 1.82) is 0 Å². The van der Waals surface area contributed by atoms with Crippen LogP contribution in [-0.2, 0) is 24.6 Å². The first-order valence-corrected chi connectivity index (χ1v) is 12.3. The van der Waals surface area contributed by atoms with Crippen LogP contribution in [0.2, 0.25) is 0 Å². The molecule has 0 aliphatic rings. The molecule has 0 unspecified atom stereocenters. The molecular weight excluding hydrogens is 528 g/mol. The highest BCUT2D eigenvalue weighted by molar-refractivity contribution is 5.84. The van der Waals surface area contributed by atoms with E-state index < -0.39 is 17.6 Å². The van der Waals surface area contributed by atoms with Gasteiger partial charge >= 0.3 is 6.18 Å². The summed E-state index contributed by atoms with van der Waals surface area (Å²) in [5, 5.41) is 13.6. The number of oxazole rings is 1. The molecule has 2 N–H and O–H groups in total. The molecule has 1 amide bonds. The number of nitrogens with one attached hydrogen (secondary N) is 2. The topological polar surface area (TPSA) is 97.9 Å². The van der Waals surface area contributed by atoms with Crippen molar-refractivity contribution in [2.75, 3.05) is 13.1 Å². The Hall–Kier alpha value is -4.58. The molecule has 0 bridgehead atoms. The summed E-state index contributed by atoms with van der Waals surface area (Å²) >= 11 is 0. The molecule has 0 aliphatic carbocycles. The minimum atomic E-state index is -4.66. The zero-order valence-electron chi connectivity index (χ0n) is 21.5. The normalized spacial score (nSPS) is 11.8. The van der Waals surface area contributed by atoms with Crippen molar-refractivity contribution in [3.05, 3.63) is 77.9 Å². The summed E-state index contributed by atoms with van der Waals surface area (Å²) in [4.78, 5) is 15.4. The van der Waals surface area contributed by atoms with Crippen molar-refractivity contribution in [3.8, 4) is 34.0 Å². The molecule has 2 aromatic heterocycles. The van der Waals surface area contributed by atoms with E-state index >= 15 is 0 Å². The first kappa shape index (κ1) is 27.0. The van der Waals surface area contributed by atoms with Gasteiger partial charge in [-0.3, -0.25) is 4.79 Å². The van der Waals surface area contributed by atoms with Gasteiger partial charge in [-0.2, -0.15) is 13.2 Å². The summed E-state index contributed by atoms with van der Waals surface area (Å²) in [5.74, 6) is -0.168. The Morgan fingerprint density at radius 3 is 2.55 bits per heavy atom. The lowest BCUT2D eigenvalue weighted by Crippen LogP contribution is -2.29. The lowest BCUT2D eigenvalue weighted by Gasteiger charge is -2.11. The Bertz CT molecular complexity index is 1690. The molecule has 0 atom stereocenters. The van der Waals surface area contributed by atoms with Crippen molar-refractivity contribution in [2.24, 2.45) is 7.05 Å². The van der Waals surface area contributed by atoms with E-state index in [4.69, 9.17) is 4.42 Å². The third-order valence-corrected chi connectivity index (χ3v) is 6.21. The van der Waals surface area contributed by atoms with Crippen molar-refractivity contribution in [2.45, 2.75) is 19.6 Å². The average molecular weight is 553 g/mol. The van der Waals surface area contributed by atoms with Gasteiger partial charge in [-0.25, -0.2) is 9.37 Å². The number of amides is 1. The maximum Gasteiger partial charge on any atom is 0.420 e. The number of halogens is 4. The summed E-state index contributed by atoms with van der Waals surface area (Å²) in [7, 11) is 1.74. The van der Waals surface area contributed by atoms with E-state index in [2.05, 4.69) is 25.8 Å². The van der Waals surface area contributed by atoms with E-state index in [9.17, 15) is 22.4 Å². The predicted octanol–water partition coefficient (Wildman–Crippen LogP) is 5.34. The van der Waals surface area contributed by atoms with Crippen LogP contribution >= 0.6 is 0 Å². The van der Waals surface area contributed by atoms with E-state index in [1.165, 1.54) is 25.4 Å². The van der Waals surface area contributed by atoms with Crippen LogP contribution in [0.3, 0.4) is 0 Å². The van der Waals surface area contributed by atoms with Crippen molar-refractivity contribution < 1.29 is 26.8 Å². The highest BCUT2D eigenvalue weighted by Gasteiger charge is 2.35. The first-order chi connectivity index (χ1) is 19.1. The number of benzene rings is 3. The third kappa shape index (κ3) is 5.71. The summed E-state index contributed by atoms with van der Waals surface area (Å²) in [6.07, 6.45) is -3.16. The van der Waals surface area contributed by atoms with Gasteiger partial charge in [-0.05, 0) is 53.1 Å². The van der Waals surface area contributed by atoms with Crippen LogP contribution in [0, 0.1) is 5.82 Å². The van der Waals surface area contributed by atoms with Crippen LogP contribution in [0.15, 0.2) is 65.3 Å². The number of carbonyl (C=O) groups is 1. The lowest BCUT2D eigenvalue weighted by molar-refractivity contribution is -0.136. The second-order valence-electron chi connectivity index (χ2n) is 9.20. The lowest BCUT2D eigenvalue weighted by atomic mass is 9.97. The largest absolute Gasteiger partial charge is 0.435 e. The van der Waals surface area contributed by atoms with Crippen molar-refractivity contribution >= 4 is 17.0 Å². The fourth-order valence-electron chi connectivity index (χ4n) is 4.39. The molecule has 0 aliphatic heterocycles. The molecule has 3 aromatic carbocycles. The SMILES string of the molecule is CC(=O)NCCNCc1cc(C(F)(F)F)c2oc(-c3cccc(-c4ccc(F)cc4-c4nncn4C)c3)nc2c1. The number of rotatable bonds is 8. The maximum atomic E-state index is 14.2. The van der Waals surface area contributed by atoms with E-state index in [1.54, 1.807) is 48.0 Å². The summed E-state index contributed by atoms with van der Waals surface area (Å²) in [6, 6.07) is 13.8. The highest BCUT2D eigenvalue weighted by Crippen LogP contribution is 2.39. The van der Waals surface area contributed by atoms with Crippen LogP contribution in [0.5, 0.6) is 0 Å². The molecule has 0 fully saturated rings. The Morgan fingerprint density at radius 1 is 1.02 bits per heavy atom. The van der Waals surface area contributed by atoms with Gasteiger partial charge in [0.1, 0.15) is 23.2 Å². The first-order valence-electron chi connectivity index (χ1n) is 12.3. The smallest absolute Gasteiger partial charge is 0.420 e. The van der Waals surface area contributed by atoms with Crippen LogP contribution in [-0.4, -0.2) is 38.7 Å². The molecule has 206 valence electrons. The molecule has 12 heteroatoms. The molecule has 0 saturated carbocycles. The van der Waals surface area contributed by atoms with Crippen molar-refractivity contribution in [3.63, 3.8) is 0 Å². The number of hydrogen-bond acceptors (Lipinski definition) is 6. The second kappa shape index (κ2) is 10.9. The quantitative estimate of drug-likeness (QED) is 0.199. The van der Waals surface area contributed by atoms with Crippen LogP contribution < -0.4 is 10.6 Å². The number of fused-ring (bicyclic) bond motifs is 1. The monoisotopic (exact) mass is 552 g/mol. The molecule has 40 heavy (non-hydrogen) atoms. The fraction of sp³-hybridized carbons (Fsp3) is 0.214. The number of carbonyl (C=O) groups excluding carboxylic acids is 1. The van der Waals surface area contributed by atoms with E-state index in [0.29, 0.717) is 46.7 Å². The average Bonchev–Trinajstić information content (AvgIpc) is 3.53. The third-order valence-electron chi connectivity index (χ3n) is 6.21. The summed E-state index contributed by atoms with van der Waals surface area (Å²) in [6.45, 7) is 2.26. The number of nitrogens with zero attached hydrogens (tertiary/aromatic N) is 4. The van der Waals surface area contributed by atoms with Crippen LogP contribution in [0.4, 0.5) is 17.6 Å². The number of alkyl halides is 3. The van der Waals surface area contributed by atoms with Crippen LogP contribution in [0.25, 0.3) is 45.1 Å². The molecule has 5 aromatic rings. The van der Waals surface area contributed by atoms with E-state index in [-0.39, 0.29) is 29.4 Å². The minimum Gasteiger partial charge on any atom is -0.435 e. The van der Waals surface area contributed by atoms with Gasteiger partial charge in [-0.1, -0.05) is 18.2 Å². The van der Waals surface area contributed by atoms with Gasteiger partial charge in [0.15, 0.2) is 11.4 Å². The van der Waals surface area contributed by atoms with E-state index in [1.807, 2.05) is 0 Å². The zero-order valence-corrected chi connectivity index (χ0v) is 21.5. The minimum absolute atomic E-state index is 0.0143. The standard InChI is InChI=1S/C28H24F4N6O2/c1-16(39)34-9-8-33-14-17-10-23(28(30,31)32)25-24(11-17)36-27(40-25)19-5-3-4-18(12-19)21-7-6-20(29)13-22(21)26-37-35-15-38(26)2/h3-7,10-13,15,33H,8-9,14H2,1-2H3,(H,34,39). The second-order valence-corrected chi connectivity index (χ2v) is 9.20. The number of aryl methyl sites for hydroxylation is 1. The fourth-order valence-corrected chi connectivity index (χ4v) is 4.39. The number of aromatic nitrogens is 4. The summed E-state index contributed by atoms with van der Waals surface area (Å²) in [5.41, 5.74) is 1.41. The molecule has 5 rings (SSSR count). The van der Waals surface area contributed by atoms with Gasteiger partial charge in [0, 0.05) is 44.7 Å². The molecule has 2 heterocycles. The van der Waals surface area contributed by atoms with E-state index in [0.717, 1.165) is 6.07 Å². The zero-order chi connectivity index (χ0) is 28.4. The number of hydrogen-bond donors (Lipinski definition) is 2. The van der Waals surface area contributed by atoms with Gasteiger partial charge in [0.25, 0.3) is 0 Å².